The van der Waals surface area contributed by atoms with E-state index in [2.05, 4.69) is 23.9 Å². The maximum atomic E-state index is 12.6. The third-order valence-electron chi connectivity index (χ3n) is 4.38. The first kappa shape index (κ1) is 17.2. The highest BCUT2D eigenvalue weighted by Gasteiger charge is 2.34. The maximum absolute atomic E-state index is 12.6. The third kappa shape index (κ3) is 5.51. The van der Waals surface area contributed by atoms with E-state index >= 15 is 0 Å². The Balaban J connectivity index is 1.93. The van der Waals surface area contributed by atoms with Crippen LogP contribution in [0.15, 0.2) is 0 Å². The van der Waals surface area contributed by atoms with Gasteiger partial charge in [-0.1, -0.05) is 33.1 Å². The molecule has 0 spiro atoms. The maximum Gasteiger partial charge on any atom is 0.279 e. The second kappa shape index (κ2) is 7.40. The number of hydrogen-bond donors (Lipinski definition) is 2. The van der Waals surface area contributed by atoms with E-state index in [-0.39, 0.29) is 12.1 Å². The summed E-state index contributed by atoms with van der Waals surface area (Å²) in [5, 5.41) is 3.38. The summed E-state index contributed by atoms with van der Waals surface area (Å²) in [6, 6.07) is 0.521. The number of rotatable bonds is 8. The van der Waals surface area contributed by atoms with Gasteiger partial charge < -0.3 is 5.32 Å². The van der Waals surface area contributed by atoms with Gasteiger partial charge in [-0.3, -0.25) is 0 Å². The van der Waals surface area contributed by atoms with Crippen LogP contribution in [0.25, 0.3) is 0 Å². The van der Waals surface area contributed by atoms with Gasteiger partial charge in [-0.05, 0) is 32.1 Å². The van der Waals surface area contributed by atoms with Crippen LogP contribution in [0, 0.1) is 5.92 Å². The molecule has 0 aromatic carbocycles. The Morgan fingerprint density at radius 2 is 1.86 bits per heavy atom. The van der Waals surface area contributed by atoms with Crippen LogP contribution >= 0.6 is 0 Å². The zero-order chi connectivity index (χ0) is 15.5. The highest BCUT2D eigenvalue weighted by Crippen LogP contribution is 2.33. The molecule has 1 heterocycles. The SMILES string of the molecule is CC(C)NCC1CCCCN1S(=O)(=O)NC(C)CC1CC1. The van der Waals surface area contributed by atoms with Crippen LogP contribution in [-0.2, 0) is 10.2 Å². The quantitative estimate of drug-likeness (QED) is 0.718. The largest absolute Gasteiger partial charge is 0.313 e. The summed E-state index contributed by atoms with van der Waals surface area (Å²) < 4.78 is 29.9. The van der Waals surface area contributed by atoms with Crippen LogP contribution in [-0.4, -0.2) is 43.9 Å². The summed E-state index contributed by atoms with van der Waals surface area (Å²) in [7, 11) is -3.35. The van der Waals surface area contributed by atoms with E-state index in [4.69, 9.17) is 0 Å². The summed E-state index contributed by atoms with van der Waals surface area (Å²) in [5.74, 6) is 0.738. The van der Waals surface area contributed by atoms with Crippen LogP contribution in [0.3, 0.4) is 0 Å². The Bertz CT molecular complexity index is 421. The second-order valence-corrected chi connectivity index (χ2v) is 8.68. The van der Waals surface area contributed by atoms with Crippen molar-refractivity contribution in [3.05, 3.63) is 0 Å². The summed E-state index contributed by atoms with van der Waals surface area (Å²) >= 11 is 0. The molecule has 2 fully saturated rings. The lowest BCUT2D eigenvalue weighted by molar-refractivity contribution is 0.238. The fourth-order valence-corrected chi connectivity index (χ4v) is 4.77. The van der Waals surface area contributed by atoms with E-state index in [1.165, 1.54) is 12.8 Å². The molecule has 5 nitrogen and oxygen atoms in total. The molecule has 1 saturated carbocycles. The fourth-order valence-electron chi connectivity index (χ4n) is 3.09. The Morgan fingerprint density at radius 3 is 2.48 bits per heavy atom. The number of hydrogen-bond acceptors (Lipinski definition) is 3. The molecule has 0 aromatic rings. The molecule has 2 aliphatic rings. The summed E-state index contributed by atoms with van der Waals surface area (Å²) in [6.07, 6.45) is 6.54. The van der Waals surface area contributed by atoms with Crippen molar-refractivity contribution < 1.29 is 8.42 Å². The van der Waals surface area contributed by atoms with Gasteiger partial charge in [-0.25, -0.2) is 0 Å². The number of piperidine rings is 1. The van der Waals surface area contributed by atoms with Crippen LogP contribution in [0.2, 0.25) is 0 Å². The van der Waals surface area contributed by atoms with Crippen molar-refractivity contribution in [3.8, 4) is 0 Å². The highest BCUT2D eigenvalue weighted by molar-refractivity contribution is 7.87. The first-order valence-electron chi connectivity index (χ1n) is 8.41. The van der Waals surface area contributed by atoms with E-state index < -0.39 is 10.2 Å². The first-order chi connectivity index (χ1) is 9.88. The van der Waals surface area contributed by atoms with E-state index in [1.807, 2.05) is 6.92 Å². The lowest BCUT2D eigenvalue weighted by atomic mass is 10.0. The van der Waals surface area contributed by atoms with Crippen molar-refractivity contribution in [2.45, 2.75) is 77.4 Å². The van der Waals surface area contributed by atoms with Crippen LogP contribution in [0.5, 0.6) is 0 Å². The Hall–Kier alpha value is -0.170. The zero-order valence-electron chi connectivity index (χ0n) is 13.6. The highest BCUT2D eigenvalue weighted by atomic mass is 32.2. The van der Waals surface area contributed by atoms with Crippen molar-refractivity contribution in [3.63, 3.8) is 0 Å². The van der Waals surface area contributed by atoms with Gasteiger partial charge in [-0.2, -0.15) is 17.4 Å². The second-order valence-electron chi connectivity index (χ2n) is 7.03. The summed E-state index contributed by atoms with van der Waals surface area (Å²) in [5.41, 5.74) is 0. The third-order valence-corrected chi connectivity index (χ3v) is 6.18. The molecule has 0 amide bonds. The molecular formula is C15H31N3O2S. The lowest BCUT2D eigenvalue weighted by Gasteiger charge is -2.36. The molecule has 2 unspecified atom stereocenters. The Kier molecular flexibility index (Phi) is 6.05. The number of nitrogens with one attached hydrogen (secondary N) is 2. The van der Waals surface area contributed by atoms with Crippen molar-refractivity contribution >= 4 is 10.2 Å². The average Bonchev–Trinajstić information content (AvgIpc) is 3.19. The molecule has 0 radical (unpaired) electrons. The summed E-state index contributed by atoms with van der Waals surface area (Å²) in [6.45, 7) is 7.57. The molecule has 0 bridgehead atoms. The molecular weight excluding hydrogens is 286 g/mol. The normalized spacial score (nSPS) is 26.2. The van der Waals surface area contributed by atoms with Crippen LogP contribution in [0.4, 0.5) is 0 Å². The number of nitrogens with zero attached hydrogens (tertiary/aromatic N) is 1. The molecule has 21 heavy (non-hydrogen) atoms. The van der Waals surface area contributed by atoms with Crippen molar-refractivity contribution in [1.82, 2.24) is 14.3 Å². The lowest BCUT2D eigenvalue weighted by Crippen LogP contribution is -2.54. The zero-order valence-corrected chi connectivity index (χ0v) is 14.5. The van der Waals surface area contributed by atoms with Crippen molar-refractivity contribution in [2.75, 3.05) is 13.1 Å². The summed E-state index contributed by atoms with van der Waals surface area (Å²) in [4.78, 5) is 0. The van der Waals surface area contributed by atoms with E-state index in [9.17, 15) is 8.42 Å². The van der Waals surface area contributed by atoms with Gasteiger partial charge >= 0.3 is 0 Å². The molecule has 1 saturated heterocycles. The van der Waals surface area contributed by atoms with Gasteiger partial charge in [0.25, 0.3) is 10.2 Å². The molecule has 1 aliphatic heterocycles. The molecule has 6 heteroatoms. The average molecular weight is 317 g/mol. The van der Waals surface area contributed by atoms with Crippen LogP contribution < -0.4 is 10.0 Å². The molecule has 124 valence electrons. The van der Waals surface area contributed by atoms with Gasteiger partial charge in [-0.15, -0.1) is 0 Å². The van der Waals surface area contributed by atoms with Gasteiger partial charge in [0.2, 0.25) is 0 Å². The van der Waals surface area contributed by atoms with E-state index in [0.29, 0.717) is 12.6 Å². The van der Waals surface area contributed by atoms with Gasteiger partial charge in [0.15, 0.2) is 0 Å². The van der Waals surface area contributed by atoms with Crippen LogP contribution in [0.1, 0.15) is 59.3 Å². The van der Waals surface area contributed by atoms with Crippen molar-refractivity contribution in [1.29, 1.82) is 0 Å². The van der Waals surface area contributed by atoms with Gasteiger partial charge in [0.05, 0.1) is 0 Å². The smallest absolute Gasteiger partial charge is 0.279 e. The molecule has 2 rings (SSSR count). The standard InChI is InChI=1S/C15H31N3O2S/c1-12(2)16-11-15-6-4-5-9-18(15)21(19,20)17-13(3)10-14-7-8-14/h12-17H,4-11H2,1-3H3. The molecule has 2 N–H and O–H groups in total. The Morgan fingerprint density at radius 1 is 1.14 bits per heavy atom. The van der Waals surface area contributed by atoms with Gasteiger partial charge in [0, 0.05) is 31.2 Å². The predicted octanol–water partition coefficient (Wildman–Crippen LogP) is 1.86. The molecule has 2 atom stereocenters. The minimum absolute atomic E-state index is 0.0446. The minimum Gasteiger partial charge on any atom is -0.313 e. The minimum atomic E-state index is -3.35. The first-order valence-corrected chi connectivity index (χ1v) is 9.85. The Labute approximate surface area is 130 Å². The topological polar surface area (TPSA) is 61.4 Å². The van der Waals surface area contributed by atoms with E-state index in [0.717, 1.165) is 38.1 Å². The molecule has 0 aromatic heterocycles. The predicted molar refractivity (Wildman–Crippen MR) is 86.3 cm³/mol. The molecule has 1 aliphatic carbocycles. The monoisotopic (exact) mass is 317 g/mol. The van der Waals surface area contributed by atoms with Crippen molar-refractivity contribution in [2.24, 2.45) is 5.92 Å². The fraction of sp³-hybridized carbons (Fsp3) is 1.00. The van der Waals surface area contributed by atoms with Gasteiger partial charge in [0.1, 0.15) is 0 Å². The van der Waals surface area contributed by atoms with E-state index in [1.54, 1.807) is 4.31 Å².